The zero-order chi connectivity index (χ0) is 26.4. The van der Waals surface area contributed by atoms with Gasteiger partial charge in [0, 0.05) is 41.7 Å². The number of carboxylic acid groups (broad SMARTS) is 1. The van der Waals surface area contributed by atoms with E-state index in [0.29, 0.717) is 40.7 Å². The van der Waals surface area contributed by atoms with Crippen LogP contribution in [0.1, 0.15) is 37.4 Å². The minimum absolute atomic E-state index is 0.00696. The molecule has 4 rings (SSSR count). The summed E-state index contributed by atoms with van der Waals surface area (Å²) in [7, 11) is 1.59. The highest BCUT2D eigenvalue weighted by molar-refractivity contribution is 7.99. The maximum absolute atomic E-state index is 15.5. The van der Waals surface area contributed by atoms with Gasteiger partial charge in [0.25, 0.3) is 0 Å². The molecule has 9 heteroatoms. The third-order valence-corrected chi connectivity index (χ3v) is 9.07. The number of nitrogens with zero attached hydrogens (tertiary/aromatic N) is 2. The van der Waals surface area contributed by atoms with Gasteiger partial charge in [0.05, 0.1) is 22.7 Å². The van der Waals surface area contributed by atoms with Crippen molar-refractivity contribution >= 4 is 51.8 Å². The first-order valence-electron chi connectivity index (χ1n) is 12.4. The number of hydrogen-bond acceptors (Lipinski definition) is 5. The fraction of sp³-hybridized carbons (Fsp3) is 0.429. The van der Waals surface area contributed by atoms with Crippen LogP contribution in [0.2, 0.25) is 10.0 Å². The average Bonchev–Trinajstić information content (AvgIpc) is 2.89. The van der Waals surface area contributed by atoms with E-state index in [2.05, 4.69) is 9.88 Å². The molecule has 0 aliphatic carbocycles. The smallest absolute Gasteiger partial charge is 0.303 e. The normalized spacial score (nSPS) is 19.1. The number of hydrogen-bond donors (Lipinski definition) is 1. The number of likely N-dealkylation sites (tertiary alicyclic amines) is 1. The lowest BCUT2D eigenvalue weighted by molar-refractivity contribution is -0.139. The Hall–Kier alpha value is -2.06. The second kappa shape index (κ2) is 13.1. The molecule has 1 aliphatic rings. The van der Waals surface area contributed by atoms with E-state index in [9.17, 15) is 9.90 Å². The molecule has 1 N–H and O–H groups in total. The van der Waals surface area contributed by atoms with E-state index < -0.39 is 12.1 Å². The molecule has 0 saturated carbocycles. The average molecular weight is 566 g/mol. The van der Waals surface area contributed by atoms with Crippen LogP contribution < -0.4 is 4.74 Å². The van der Waals surface area contributed by atoms with Crippen LogP contribution >= 0.6 is 35.0 Å². The molecule has 1 fully saturated rings. The Morgan fingerprint density at radius 3 is 2.89 bits per heavy atom. The molecule has 0 bridgehead atoms. The largest absolute Gasteiger partial charge is 0.497 e. The maximum atomic E-state index is 15.5. The predicted molar refractivity (Wildman–Crippen MR) is 149 cm³/mol. The monoisotopic (exact) mass is 564 g/mol. The number of aromatic nitrogens is 1. The lowest BCUT2D eigenvalue weighted by Gasteiger charge is -2.38. The molecule has 2 aromatic carbocycles. The number of methoxy groups -OCH3 is 1. The number of alkyl halides is 1. The Labute approximate surface area is 231 Å². The van der Waals surface area contributed by atoms with E-state index in [4.69, 9.17) is 27.9 Å². The lowest BCUT2D eigenvalue weighted by atomic mass is 9.79. The Morgan fingerprint density at radius 1 is 1.27 bits per heavy atom. The van der Waals surface area contributed by atoms with Gasteiger partial charge in [-0.3, -0.25) is 9.78 Å². The first-order valence-corrected chi connectivity index (χ1v) is 14.2. The minimum atomic E-state index is -1.15. The molecule has 0 amide bonds. The van der Waals surface area contributed by atoms with Crippen LogP contribution in [0.15, 0.2) is 53.6 Å². The molecule has 1 aromatic heterocycles. The van der Waals surface area contributed by atoms with Crippen molar-refractivity contribution in [1.29, 1.82) is 0 Å². The van der Waals surface area contributed by atoms with Crippen LogP contribution in [0.4, 0.5) is 4.39 Å². The highest BCUT2D eigenvalue weighted by Gasteiger charge is 2.31. The number of pyridine rings is 1. The number of halogens is 3. The SMILES string of the molecule is COc1ccc2nccc([C@H](F)CC[C@@H]3CCN(CCSc4cccc(Cl)c4Cl)C[C@@H]3CC(=O)O)c2c1. The van der Waals surface area contributed by atoms with E-state index in [1.165, 1.54) is 0 Å². The summed E-state index contributed by atoms with van der Waals surface area (Å²) in [4.78, 5) is 19.2. The third-order valence-electron chi connectivity index (χ3n) is 7.10. The topological polar surface area (TPSA) is 62.7 Å². The van der Waals surface area contributed by atoms with Gasteiger partial charge in [-0.2, -0.15) is 0 Å². The molecule has 0 spiro atoms. The number of ether oxygens (including phenoxy) is 1. The first kappa shape index (κ1) is 28.0. The zero-order valence-electron chi connectivity index (χ0n) is 20.7. The standard InChI is InChI=1S/C28H31Cl2FN2O3S/c1-36-20-6-8-25-22(16-20)21(9-11-32-25)24(31)7-5-18-10-12-33(17-19(18)15-27(34)35)13-14-37-26-4-2-3-23(29)28(26)30/h2-4,6,8-9,11,16,18-19,24H,5,7,10,12-15,17H2,1H3,(H,34,35)/t18-,19+,24-/m1/s1. The number of rotatable bonds is 11. The van der Waals surface area contributed by atoms with Crippen molar-refractivity contribution in [3.8, 4) is 5.75 Å². The molecular formula is C28H31Cl2FN2O3S. The number of carboxylic acids is 1. The summed E-state index contributed by atoms with van der Waals surface area (Å²) in [6.45, 7) is 2.40. The van der Waals surface area contributed by atoms with Crippen LogP contribution in [0, 0.1) is 11.8 Å². The summed E-state index contributed by atoms with van der Waals surface area (Å²) in [5.74, 6) is 0.852. The molecule has 1 saturated heterocycles. The summed E-state index contributed by atoms with van der Waals surface area (Å²) in [6, 6.07) is 12.8. The van der Waals surface area contributed by atoms with Crippen LogP contribution in [-0.4, -0.2) is 53.5 Å². The van der Waals surface area contributed by atoms with Crippen molar-refractivity contribution in [2.24, 2.45) is 11.8 Å². The molecule has 37 heavy (non-hydrogen) atoms. The van der Waals surface area contributed by atoms with E-state index >= 15 is 4.39 Å². The van der Waals surface area contributed by atoms with Crippen LogP contribution in [-0.2, 0) is 4.79 Å². The number of thioether (sulfide) groups is 1. The maximum Gasteiger partial charge on any atom is 0.303 e. The van der Waals surface area contributed by atoms with Crippen molar-refractivity contribution in [2.75, 3.05) is 32.5 Å². The summed E-state index contributed by atoms with van der Waals surface area (Å²) >= 11 is 14.1. The molecule has 198 valence electrons. The highest BCUT2D eigenvalue weighted by Crippen LogP contribution is 2.37. The molecule has 5 nitrogen and oxygen atoms in total. The predicted octanol–water partition coefficient (Wildman–Crippen LogP) is 7.55. The van der Waals surface area contributed by atoms with Gasteiger partial charge >= 0.3 is 5.97 Å². The van der Waals surface area contributed by atoms with Gasteiger partial charge in [0.2, 0.25) is 0 Å². The lowest BCUT2D eigenvalue weighted by Crippen LogP contribution is -2.42. The number of fused-ring (bicyclic) bond motifs is 1. The van der Waals surface area contributed by atoms with Crippen LogP contribution in [0.5, 0.6) is 5.75 Å². The van der Waals surface area contributed by atoms with Gasteiger partial charge in [-0.25, -0.2) is 4.39 Å². The van der Waals surface area contributed by atoms with Gasteiger partial charge in [-0.05, 0) is 79.6 Å². The third kappa shape index (κ3) is 7.29. The Kier molecular flexibility index (Phi) is 9.93. The summed E-state index contributed by atoms with van der Waals surface area (Å²) in [6.07, 6.45) is 2.43. The van der Waals surface area contributed by atoms with E-state index in [-0.39, 0.29) is 18.3 Å². The van der Waals surface area contributed by atoms with Crippen molar-refractivity contribution in [1.82, 2.24) is 9.88 Å². The van der Waals surface area contributed by atoms with E-state index in [1.54, 1.807) is 37.2 Å². The van der Waals surface area contributed by atoms with Crippen molar-refractivity contribution in [2.45, 2.75) is 36.8 Å². The summed E-state index contributed by atoms with van der Waals surface area (Å²) in [5.41, 5.74) is 1.34. The van der Waals surface area contributed by atoms with Gasteiger partial charge in [-0.15, -0.1) is 11.8 Å². The van der Waals surface area contributed by atoms with Gasteiger partial charge in [-0.1, -0.05) is 29.3 Å². The second-order valence-corrected chi connectivity index (χ2v) is 11.4. The molecule has 1 aliphatic heterocycles. The van der Waals surface area contributed by atoms with Crippen molar-refractivity contribution in [3.05, 3.63) is 64.3 Å². The molecule has 0 unspecified atom stereocenters. The number of piperidine rings is 1. The molecular weight excluding hydrogens is 534 g/mol. The summed E-state index contributed by atoms with van der Waals surface area (Å²) in [5, 5.41) is 11.4. The Balaban J connectivity index is 1.35. The van der Waals surface area contributed by atoms with E-state index in [1.807, 2.05) is 30.3 Å². The number of carbonyl (C=O) groups is 1. The van der Waals surface area contributed by atoms with Crippen LogP contribution in [0.3, 0.4) is 0 Å². The quantitative estimate of drug-likeness (QED) is 0.242. The highest BCUT2D eigenvalue weighted by atomic mass is 35.5. The molecule has 3 aromatic rings. The Bertz CT molecular complexity index is 1230. The molecule has 2 heterocycles. The first-order chi connectivity index (χ1) is 17.9. The molecule has 0 radical (unpaired) electrons. The summed E-state index contributed by atoms with van der Waals surface area (Å²) < 4.78 is 20.8. The van der Waals surface area contributed by atoms with Crippen LogP contribution in [0.25, 0.3) is 10.9 Å². The number of benzene rings is 2. The van der Waals surface area contributed by atoms with Gasteiger partial charge in [0.1, 0.15) is 11.9 Å². The van der Waals surface area contributed by atoms with Gasteiger partial charge < -0.3 is 14.7 Å². The van der Waals surface area contributed by atoms with E-state index in [0.717, 1.165) is 41.1 Å². The number of aliphatic carboxylic acids is 1. The van der Waals surface area contributed by atoms with Crippen molar-refractivity contribution in [3.63, 3.8) is 0 Å². The second-order valence-electron chi connectivity index (χ2n) is 9.44. The van der Waals surface area contributed by atoms with Gasteiger partial charge in [0.15, 0.2) is 0 Å². The Morgan fingerprint density at radius 2 is 2.11 bits per heavy atom. The fourth-order valence-electron chi connectivity index (χ4n) is 5.14. The fourth-order valence-corrected chi connectivity index (χ4v) is 6.64. The molecule has 3 atom stereocenters. The van der Waals surface area contributed by atoms with Crippen molar-refractivity contribution < 1.29 is 19.0 Å². The minimum Gasteiger partial charge on any atom is -0.497 e. The zero-order valence-corrected chi connectivity index (χ0v) is 23.0.